The average molecular weight is 300 g/mol. The Morgan fingerprint density at radius 2 is 2.05 bits per heavy atom. The molecule has 3 rings (SSSR count). The number of anilines is 1. The van der Waals surface area contributed by atoms with E-state index < -0.39 is 5.97 Å². The van der Waals surface area contributed by atoms with Gasteiger partial charge in [0.2, 0.25) is 0 Å². The zero-order valence-electron chi connectivity index (χ0n) is 11.1. The number of fused-ring (bicyclic) bond motifs is 1. The van der Waals surface area contributed by atoms with Crippen molar-refractivity contribution in [2.45, 2.75) is 13.0 Å². The summed E-state index contributed by atoms with van der Waals surface area (Å²) in [6.45, 7) is 1.90. The molecule has 0 aliphatic rings. The molecule has 1 atom stereocenters. The van der Waals surface area contributed by atoms with Gasteiger partial charge in [0.05, 0.1) is 23.3 Å². The highest BCUT2D eigenvalue weighted by Gasteiger charge is 2.14. The van der Waals surface area contributed by atoms with E-state index in [0.29, 0.717) is 10.8 Å². The summed E-state index contributed by atoms with van der Waals surface area (Å²) in [7, 11) is 0. The summed E-state index contributed by atoms with van der Waals surface area (Å²) >= 11 is 1.31. The van der Waals surface area contributed by atoms with Gasteiger partial charge in [-0.15, -0.1) is 11.3 Å². The van der Waals surface area contributed by atoms with E-state index in [1.807, 2.05) is 31.2 Å². The number of carboxylic acids is 1. The van der Waals surface area contributed by atoms with Gasteiger partial charge in [-0.05, 0) is 19.1 Å². The summed E-state index contributed by atoms with van der Waals surface area (Å²) in [5.41, 5.74) is 1.70. The van der Waals surface area contributed by atoms with Crippen molar-refractivity contribution < 1.29 is 9.90 Å². The quantitative estimate of drug-likeness (QED) is 0.770. The van der Waals surface area contributed by atoms with E-state index in [9.17, 15) is 4.79 Å². The Morgan fingerprint density at radius 3 is 2.76 bits per heavy atom. The van der Waals surface area contributed by atoms with Crippen molar-refractivity contribution in [3.63, 3.8) is 0 Å². The lowest BCUT2D eigenvalue weighted by atomic mass is 10.3. The van der Waals surface area contributed by atoms with Crippen LogP contribution >= 0.6 is 11.3 Å². The number of rotatable bonds is 4. The molecule has 2 heterocycles. The summed E-state index contributed by atoms with van der Waals surface area (Å²) in [5.74, 6) is -0.386. The molecule has 106 valence electrons. The monoisotopic (exact) mass is 300 g/mol. The minimum atomic E-state index is -1.02. The third kappa shape index (κ3) is 2.82. The Labute approximate surface area is 124 Å². The van der Waals surface area contributed by atoms with Crippen LogP contribution in [-0.4, -0.2) is 26.0 Å². The van der Waals surface area contributed by atoms with Gasteiger partial charge < -0.3 is 10.4 Å². The summed E-state index contributed by atoms with van der Waals surface area (Å²) < 4.78 is 0. The van der Waals surface area contributed by atoms with E-state index >= 15 is 0 Å². The molecule has 2 aromatic heterocycles. The predicted octanol–water partition coefficient (Wildman–Crippen LogP) is 2.96. The molecule has 0 saturated carbocycles. The van der Waals surface area contributed by atoms with Crippen LogP contribution in [0.1, 0.15) is 28.5 Å². The maximum atomic E-state index is 10.8. The van der Waals surface area contributed by atoms with Crippen molar-refractivity contribution >= 4 is 34.2 Å². The van der Waals surface area contributed by atoms with Gasteiger partial charge in [-0.2, -0.15) is 0 Å². The Morgan fingerprint density at radius 1 is 1.29 bits per heavy atom. The van der Waals surface area contributed by atoms with E-state index in [1.54, 1.807) is 6.20 Å². The first-order valence-corrected chi connectivity index (χ1v) is 7.18. The highest BCUT2D eigenvalue weighted by atomic mass is 32.1. The maximum absolute atomic E-state index is 10.8. The second-order valence-electron chi connectivity index (χ2n) is 4.49. The topological polar surface area (TPSA) is 88.0 Å². The highest BCUT2D eigenvalue weighted by molar-refractivity contribution is 7.09. The molecular weight excluding hydrogens is 288 g/mol. The number of nitrogens with zero attached hydrogens (tertiary/aromatic N) is 3. The van der Waals surface area contributed by atoms with Gasteiger partial charge in [-0.1, -0.05) is 12.1 Å². The molecule has 1 unspecified atom stereocenters. The fourth-order valence-electron chi connectivity index (χ4n) is 1.90. The van der Waals surface area contributed by atoms with Crippen LogP contribution in [0.4, 0.5) is 5.82 Å². The normalized spacial score (nSPS) is 12.2. The Bertz CT molecular complexity index is 802. The number of carboxylic acid groups (broad SMARTS) is 1. The average Bonchev–Trinajstić information content (AvgIpc) is 2.97. The fourth-order valence-corrected chi connectivity index (χ4v) is 2.70. The summed E-state index contributed by atoms with van der Waals surface area (Å²) in [4.78, 5) is 23.7. The van der Waals surface area contributed by atoms with Gasteiger partial charge in [0, 0.05) is 5.38 Å². The number of hydrogen-bond donors (Lipinski definition) is 2. The third-order valence-corrected chi connectivity index (χ3v) is 3.95. The molecule has 6 nitrogen and oxygen atoms in total. The molecule has 21 heavy (non-hydrogen) atoms. The number of aromatic carboxylic acids is 1. The second-order valence-corrected chi connectivity index (χ2v) is 5.38. The third-order valence-electron chi connectivity index (χ3n) is 2.92. The van der Waals surface area contributed by atoms with Crippen LogP contribution in [0.25, 0.3) is 11.0 Å². The zero-order chi connectivity index (χ0) is 14.8. The molecule has 7 heteroatoms. The van der Waals surface area contributed by atoms with E-state index in [4.69, 9.17) is 5.11 Å². The smallest absolute Gasteiger partial charge is 0.355 e. The number of carbonyl (C=O) groups is 1. The lowest BCUT2D eigenvalue weighted by molar-refractivity contribution is 0.0691. The molecule has 2 N–H and O–H groups in total. The zero-order valence-corrected chi connectivity index (χ0v) is 12.0. The molecule has 0 spiro atoms. The molecule has 0 saturated heterocycles. The first-order chi connectivity index (χ1) is 10.1. The number of hydrogen-bond acceptors (Lipinski definition) is 6. The first-order valence-electron chi connectivity index (χ1n) is 6.30. The van der Waals surface area contributed by atoms with E-state index in [0.717, 1.165) is 11.0 Å². The van der Waals surface area contributed by atoms with Crippen LogP contribution in [0, 0.1) is 0 Å². The van der Waals surface area contributed by atoms with Gasteiger partial charge in [-0.25, -0.2) is 14.8 Å². The number of para-hydroxylation sites is 2. The van der Waals surface area contributed by atoms with Gasteiger partial charge in [-0.3, -0.25) is 4.98 Å². The number of benzene rings is 1. The molecule has 1 aromatic carbocycles. The number of aromatic nitrogens is 3. The molecule has 0 aliphatic heterocycles. The predicted molar refractivity (Wildman–Crippen MR) is 80.6 cm³/mol. The van der Waals surface area contributed by atoms with Crippen molar-refractivity contribution in [1.82, 2.24) is 15.0 Å². The SMILES string of the molecule is CC(Nc1cnc2ccccc2n1)c1nc(C(=O)O)cs1. The minimum absolute atomic E-state index is 0.0632. The van der Waals surface area contributed by atoms with Gasteiger partial charge >= 0.3 is 5.97 Å². The first kappa shape index (κ1) is 13.4. The van der Waals surface area contributed by atoms with Crippen molar-refractivity contribution in [2.75, 3.05) is 5.32 Å². The van der Waals surface area contributed by atoms with Crippen LogP contribution in [0.2, 0.25) is 0 Å². The van der Waals surface area contributed by atoms with E-state index in [1.165, 1.54) is 16.7 Å². The lowest BCUT2D eigenvalue weighted by Gasteiger charge is -2.11. The molecule has 0 amide bonds. The maximum Gasteiger partial charge on any atom is 0.355 e. The van der Waals surface area contributed by atoms with Crippen LogP contribution in [0.5, 0.6) is 0 Å². The fraction of sp³-hybridized carbons (Fsp3) is 0.143. The van der Waals surface area contributed by atoms with E-state index in [-0.39, 0.29) is 11.7 Å². The molecule has 0 bridgehead atoms. The standard InChI is InChI=1S/C14H12N4O2S/c1-8(13-18-11(7-21-13)14(19)20)16-12-6-15-9-4-2-3-5-10(9)17-12/h2-8H,1H3,(H,16,17)(H,19,20). The van der Waals surface area contributed by atoms with Gasteiger partial charge in [0.25, 0.3) is 0 Å². The Kier molecular flexibility index (Phi) is 3.49. The molecule has 0 fully saturated rings. The number of nitrogens with one attached hydrogen (secondary N) is 1. The summed E-state index contributed by atoms with van der Waals surface area (Å²) in [5, 5.41) is 14.3. The van der Waals surface area contributed by atoms with Crippen molar-refractivity contribution in [3.05, 3.63) is 46.5 Å². The number of thiazole rings is 1. The molecular formula is C14H12N4O2S. The Hall–Kier alpha value is -2.54. The van der Waals surface area contributed by atoms with Gasteiger partial charge in [0.15, 0.2) is 5.69 Å². The summed E-state index contributed by atoms with van der Waals surface area (Å²) in [6.07, 6.45) is 1.66. The van der Waals surface area contributed by atoms with Crippen molar-refractivity contribution in [1.29, 1.82) is 0 Å². The Balaban J connectivity index is 1.81. The van der Waals surface area contributed by atoms with Crippen LogP contribution in [-0.2, 0) is 0 Å². The van der Waals surface area contributed by atoms with Crippen LogP contribution in [0.15, 0.2) is 35.8 Å². The lowest BCUT2D eigenvalue weighted by Crippen LogP contribution is -2.09. The van der Waals surface area contributed by atoms with Crippen molar-refractivity contribution in [2.24, 2.45) is 0 Å². The highest BCUT2D eigenvalue weighted by Crippen LogP contribution is 2.22. The summed E-state index contributed by atoms with van der Waals surface area (Å²) in [6, 6.07) is 7.47. The molecule has 0 aliphatic carbocycles. The van der Waals surface area contributed by atoms with Crippen molar-refractivity contribution in [3.8, 4) is 0 Å². The van der Waals surface area contributed by atoms with E-state index in [2.05, 4.69) is 20.3 Å². The minimum Gasteiger partial charge on any atom is -0.476 e. The van der Waals surface area contributed by atoms with Gasteiger partial charge in [0.1, 0.15) is 10.8 Å². The second kappa shape index (κ2) is 5.45. The van der Waals surface area contributed by atoms with Crippen LogP contribution < -0.4 is 5.32 Å². The van der Waals surface area contributed by atoms with Crippen LogP contribution in [0.3, 0.4) is 0 Å². The largest absolute Gasteiger partial charge is 0.476 e. The molecule has 0 radical (unpaired) electrons. The molecule has 3 aromatic rings.